The van der Waals surface area contributed by atoms with Crippen LogP contribution in [-0.4, -0.2) is 67.4 Å². The number of esters is 3. The van der Waals surface area contributed by atoms with Gasteiger partial charge in [0.2, 0.25) is 5.78 Å². The van der Waals surface area contributed by atoms with Crippen LogP contribution in [0.15, 0.2) is 58.5 Å². The third kappa shape index (κ3) is 5.29. The van der Waals surface area contributed by atoms with Crippen LogP contribution in [-0.2, 0) is 33.3 Å². The third-order valence-electron chi connectivity index (χ3n) is 6.18. The van der Waals surface area contributed by atoms with Crippen LogP contribution in [0.25, 0.3) is 22.4 Å². The van der Waals surface area contributed by atoms with Crippen molar-refractivity contribution >= 4 is 46.4 Å². The summed E-state index contributed by atoms with van der Waals surface area (Å²) >= 11 is 1.07. The zero-order valence-electron chi connectivity index (χ0n) is 22.1. The SMILES string of the molecule is CC(=O)O[C@@H]1[C@@H](OC(C)=O)[C@H](Sc2nnc3n(-c4cccc(C)c4)c(=O)c4ccccc4n23)OC[C@H]1OC(C)=O. The minimum atomic E-state index is -1.15. The molecule has 4 aromatic rings. The number of carbonyl (C=O) groups excluding carboxylic acids is 3. The van der Waals surface area contributed by atoms with Crippen LogP contribution in [0.3, 0.4) is 0 Å². The molecule has 0 radical (unpaired) electrons. The maximum atomic E-state index is 13.6. The Morgan fingerprint density at radius 3 is 2.33 bits per heavy atom. The number of hydrogen-bond acceptors (Lipinski definition) is 11. The van der Waals surface area contributed by atoms with Gasteiger partial charge in [-0.3, -0.25) is 23.6 Å². The minimum Gasteiger partial charge on any atom is -0.456 e. The van der Waals surface area contributed by atoms with Crippen molar-refractivity contribution in [3.8, 4) is 5.69 Å². The van der Waals surface area contributed by atoms with Gasteiger partial charge in [-0.1, -0.05) is 24.3 Å². The molecule has 3 heterocycles. The van der Waals surface area contributed by atoms with Gasteiger partial charge in [-0.15, -0.1) is 10.2 Å². The fourth-order valence-electron chi connectivity index (χ4n) is 4.67. The van der Waals surface area contributed by atoms with E-state index in [1.807, 2.05) is 31.2 Å². The van der Waals surface area contributed by atoms with Crippen LogP contribution in [0.2, 0.25) is 0 Å². The first-order chi connectivity index (χ1) is 19.1. The van der Waals surface area contributed by atoms with Crippen molar-refractivity contribution in [1.29, 1.82) is 0 Å². The van der Waals surface area contributed by atoms with E-state index in [0.29, 0.717) is 21.7 Å². The fourth-order valence-corrected chi connectivity index (χ4v) is 5.74. The minimum absolute atomic E-state index is 0.127. The highest BCUT2D eigenvalue weighted by atomic mass is 32.2. The van der Waals surface area contributed by atoms with Gasteiger partial charge in [0.25, 0.3) is 5.56 Å². The average Bonchev–Trinajstić information content (AvgIpc) is 3.30. The Labute approximate surface area is 232 Å². The van der Waals surface area contributed by atoms with Crippen LogP contribution in [0.4, 0.5) is 0 Å². The monoisotopic (exact) mass is 566 g/mol. The predicted octanol–water partition coefficient (Wildman–Crippen LogP) is 2.59. The number of rotatable bonds is 6. The summed E-state index contributed by atoms with van der Waals surface area (Å²) in [5, 5.41) is 9.48. The van der Waals surface area contributed by atoms with E-state index in [-0.39, 0.29) is 17.9 Å². The Balaban J connectivity index is 1.63. The maximum Gasteiger partial charge on any atom is 0.303 e. The van der Waals surface area contributed by atoms with Crippen LogP contribution in [0.5, 0.6) is 0 Å². The Morgan fingerprint density at radius 1 is 0.925 bits per heavy atom. The van der Waals surface area contributed by atoms with Crippen LogP contribution < -0.4 is 5.56 Å². The molecule has 2 aromatic carbocycles. The molecule has 4 atom stereocenters. The number of aryl methyl sites for hydroxylation is 1. The van der Waals surface area contributed by atoms with Gasteiger partial charge in [0, 0.05) is 20.8 Å². The topological polar surface area (TPSA) is 140 Å². The summed E-state index contributed by atoms with van der Waals surface area (Å²) in [5.41, 5.74) is 0.959. The lowest BCUT2D eigenvalue weighted by atomic mass is 10.1. The predicted molar refractivity (Wildman–Crippen MR) is 143 cm³/mol. The standard InChI is InChI=1S/C27H26N4O8S/c1-14-8-7-9-18(12-14)30-24(35)19-10-5-6-11-20(19)31-26(30)28-29-27(31)40-25-23(39-17(4)34)22(38-16(3)33)21(13-36-25)37-15(2)32/h5-12,21-23,25H,13H2,1-4H3/t21-,22+,23-,25+/m1/s1. The molecular formula is C27H26N4O8S. The summed E-state index contributed by atoms with van der Waals surface area (Å²) in [4.78, 5) is 49.3. The second-order valence-electron chi connectivity index (χ2n) is 9.23. The van der Waals surface area contributed by atoms with E-state index in [9.17, 15) is 19.2 Å². The Hall–Kier alpha value is -4.23. The lowest BCUT2D eigenvalue weighted by Crippen LogP contribution is -2.56. The maximum absolute atomic E-state index is 13.6. The van der Waals surface area contributed by atoms with Gasteiger partial charge >= 0.3 is 17.9 Å². The van der Waals surface area contributed by atoms with E-state index in [1.165, 1.54) is 25.3 Å². The van der Waals surface area contributed by atoms with Crippen molar-refractivity contribution in [3.05, 3.63) is 64.4 Å². The van der Waals surface area contributed by atoms with Crippen molar-refractivity contribution in [3.63, 3.8) is 0 Å². The van der Waals surface area contributed by atoms with E-state index in [1.54, 1.807) is 28.7 Å². The number of fused-ring (bicyclic) bond motifs is 3. The number of para-hydroxylation sites is 1. The molecule has 0 unspecified atom stereocenters. The summed E-state index contributed by atoms with van der Waals surface area (Å²) < 4.78 is 25.5. The summed E-state index contributed by atoms with van der Waals surface area (Å²) in [5.74, 6) is -1.64. The Morgan fingerprint density at radius 2 is 1.62 bits per heavy atom. The first kappa shape index (κ1) is 27.3. The molecule has 2 aromatic heterocycles. The quantitative estimate of drug-likeness (QED) is 0.251. The molecule has 13 heteroatoms. The van der Waals surface area contributed by atoms with Crippen LogP contribution in [0, 0.1) is 6.92 Å². The van der Waals surface area contributed by atoms with Crippen LogP contribution >= 0.6 is 11.8 Å². The highest BCUT2D eigenvalue weighted by Crippen LogP contribution is 2.35. The molecule has 1 saturated heterocycles. The number of hydrogen-bond donors (Lipinski definition) is 0. The molecule has 1 aliphatic rings. The number of carbonyl (C=O) groups is 3. The Kier molecular flexibility index (Phi) is 7.59. The number of thioether (sulfide) groups is 1. The van der Waals surface area contributed by atoms with Gasteiger partial charge in [-0.2, -0.15) is 0 Å². The van der Waals surface area contributed by atoms with Gasteiger partial charge < -0.3 is 18.9 Å². The molecule has 0 N–H and O–H groups in total. The first-order valence-corrected chi connectivity index (χ1v) is 13.3. The van der Waals surface area contributed by atoms with E-state index >= 15 is 0 Å². The number of ether oxygens (including phenoxy) is 4. The van der Waals surface area contributed by atoms with Gasteiger partial charge in [0.15, 0.2) is 28.9 Å². The summed E-state index contributed by atoms with van der Waals surface area (Å²) in [6, 6.07) is 14.5. The van der Waals surface area contributed by atoms with Crippen molar-refractivity contribution in [2.24, 2.45) is 0 Å². The zero-order valence-corrected chi connectivity index (χ0v) is 22.9. The van der Waals surface area contributed by atoms with E-state index < -0.39 is 41.7 Å². The van der Waals surface area contributed by atoms with E-state index in [0.717, 1.165) is 17.3 Å². The highest BCUT2D eigenvalue weighted by molar-refractivity contribution is 7.99. The highest BCUT2D eigenvalue weighted by Gasteiger charge is 2.47. The number of benzene rings is 2. The average molecular weight is 567 g/mol. The molecule has 208 valence electrons. The van der Waals surface area contributed by atoms with Gasteiger partial charge in [-0.05, 0) is 48.5 Å². The van der Waals surface area contributed by atoms with E-state index in [2.05, 4.69) is 10.2 Å². The van der Waals surface area contributed by atoms with Crippen LogP contribution in [0.1, 0.15) is 26.3 Å². The molecule has 0 spiro atoms. The fraction of sp³-hybridized carbons (Fsp3) is 0.333. The first-order valence-electron chi connectivity index (χ1n) is 12.4. The normalized spacial score (nSPS) is 20.8. The van der Waals surface area contributed by atoms with Gasteiger partial charge in [-0.25, -0.2) is 4.57 Å². The largest absolute Gasteiger partial charge is 0.456 e. The van der Waals surface area contributed by atoms with Crippen molar-refractivity contribution in [1.82, 2.24) is 19.2 Å². The third-order valence-corrected chi connectivity index (χ3v) is 7.29. The molecule has 0 amide bonds. The summed E-state index contributed by atoms with van der Waals surface area (Å²) in [6.07, 6.45) is -3.27. The molecule has 40 heavy (non-hydrogen) atoms. The van der Waals surface area contributed by atoms with Gasteiger partial charge in [0.1, 0.15) is 0 Å². The molecule has 0 aliphatic carbocycles. The molecule has 0 saturated carbocycles. The lowest BCUT2D eigenvalue weighted by molar-refractivity contribution is -0.213. The van der Waals surface area contributed by atoms with E-state index in [4.69, 9.17) is 18.9 Å². The smallest absolute Gasteiger partial charge is 0.303 e. The molecule has 1 aliphatic heterocycles. The summed E-state index contributed by atoms with van der Waals surface area (Å²) in [6.45, 7) is 5.43. The lowest BCUT2D eigenvalue weighted by Gasteiger charge is -2.39. The molecular weight excluding hydrogens is 540 g/mol. The Bertz CT molecular complexity index is 1680. The number of aromatic nitrogens is 4. The molecule has 12 nitrogen and oxygen atoms in total. The summed E-state index contributed by atoms with van der Waals surface area (Å²) in [7, 11) is 0. The zero-order chi connectivity index (χ0) is 28.6. The second-order valence-corrected chi connectivity index (χ2v) is 10.3. The second kappa shape index (κ2) is 11.1. The van der Waals surface area contributed by atoms with Crippen molar-refractivity contribution in [2.75, 3.05) is 6.61 Å². The molecule has 0 bridgehead atoms. The molecule has 5 rings (SSSR count). The van der Waals surface area contributed by atoms with Crippen molar-refractivity contribution < 1.29 is 33.3 Å². The van der Waals surface area contributed by atoms with Gasteiger partial charge in [0.05, 0.1) is 23.2 Å². The molecule has 1 fully saturated rings. The van der Waals surface area contributed by atoms with Crippen molar-refractivity contribution in [2.45, 2.75) is 56.6 Å². The number of nitrogens with zero attached hydrogens (tertiary/aromatic N) is 4.